The molecule has 0 saturated heterocycles. The van der Waals surface area contributed by atoms with Gasteiger partial charge >= 0.3 is 0 Å². The van der Waals surface area contributed by atoms with E-state index in [2.05, 4.69) is 50.2 Å². The summed E-state index contributed by atoms with van der Waals surface area (Å²) in [6.07, 6.45) is 0. The summed E-state index contributed by atoms with van der Waals surface area (Å²) in [5.74, 6) is 0.779. The normalized spacial score (nSPS) is 10.6. The third-order valence-corrected chi connectivity index (χ3v) is 6.15. The fourth-order valence-electron chi connectivity index (χ4n) is 3.44. The van der Waals surface area contributed by atoms with E-state index in [0.717, 1.165) is 33.2 Å². The van der Waals surface area contributed by atoms with Crippen molar-refractivity contribution in [1.29, 1.82) is 5.26 Å². The van der Waals surface area contributed by atoms with Crippen molar-refractivity contribution in [2.24, 2.45) is 0 Å². The van der Waals surface area contributed by atoms with Crippen molar-refractivity contribution in [2.45, 2.75) is 24.6 Å². The molecule has 2 nitrogen and oxygen atoms in total. The predicted octanol–water partition coefficient (Wildman–Crippen LogP) is 7.20. The highest BCUT2D eigenvalue weighted by Crippen LogP contribution is 2.35. The van der Waals surface area contributed by atoms with Crippen LogP contribution in [0.5, 0.6) is 0 Å². The lowest BCUT2D eigenvalue weighted by atomic mass is 9.99. The van der Waals surface area contributed by atoms with Crippen LogP contribution in [0.3, 0.4) is 0 Å². The molecule has 0 unspecified atom stereocenters. The van der Waals surface area contributed by atoms with E-state index in [0.29, 0.717) is 5.56 Å². The molecule has 3 aromatic carbocycles. The van der Waals surface area contributed by atoms with Crippen LogP contribution in [-0.4, -0.2) is 4.98 Å². The van der Waals surface area contributed by atoms with Gasteiger partial charge in [0.2, 0.25) is 0 Å². The number of pyridine rings is 1. The van der Waals surface area contributed by atoms with Gasteiger partial charge in [0.05, 0.1) is 11.3 Å². The summed E-state index contributed by atoms with van der Waals surface area (Å²) in [5, 5.41) is 10.8. The number of aryl methyl sites for hydroxylation is 2. The number of rotatable bonds is 5. The first-order valence-corrected chi connectivity index (χ1v) is 10.9. The van der Waals surface area contributed by atoms with Crippen LogP contribution < -0.4 is 0 Å². The van der Waals surface area contributed by atoms with Gasteiger partial charge in [0, 0.05) is 16.9 Å². The summed E-state index contributed by atoms with van der Waals surface area (Å²) in [4.78, 5) is 4.91. The van der Waals surface area contributed by atoms with Gasteiger partial charge in [-0.3, -0.25) is 0 Å². The predicted molar refractivity (Wildman–Crippen MR) is 125 cm³/mol. The highest BCUT2D eigenvalue weighted by molar-refractivity contribution is 7.98. The highest BCUT2D eigenvalue weighted by Gasteiger charge is 2.16. The molecule has 0 fully saturated rings. The summed E-state index contributed by atoms with van der Waals surface area (Å²) in [5.41, 5.74) is 8.30. The van der Waals surface area contributed by atoms with E-state index in [1.54, 1.807) is 11.8 Å². The number of aromatic nitrogens is 1. The SMILES string of the molecule is Cc1ccc(C)c(CSc2nc(-c3ccccc3)cc(-c3ccccc3)c2C#N)c1. The quantitative estimate of drug-likeness (QED) is 0.329. The van der Waals surface area contributed by atoms with Crippen molar-refractivity contribution in [2.75, 3.05) is 0 Å². The molecule has 0 spiro atoms. The Hall–Kier alpha value is -3.35. The molecule has 0 amide bonds. The maximum atomic E-state index is 10.0. The Morgan fingerprint density at radius 1 is 0.833 bits per heavy atom. The molecule has 0 aliphatic carbocycles. The van der Waals surface area contributed by atoms with Crippen LogP contribution in [0.15, 0.2) is 90.0 Å². The molecule has 0 N–H and O–H groups in total. The average molecular weight is 407 g/mol. The fourth-order valence-corrected chi connectivity index (χ4v) is 4.50. The Balaban J connectivity index is 1.82. The zero-order valence-electron chi connectivity index (χ0n) is 17.1. The molecular weight excluding hydrogens is 384 g/mol. The first-order chi connectivity index (χ1) is 14.7. The topological polar surface area (TPSA) is 36.7 Å². The fraction of sp³-hybridized carbons (Fsp3) is 0.111. The van der Waals surface area contributed by atoms with Gasteiger partial charge in [-0.1, -0.05) is 84.4 Å². The van der Waals surface area contributed by atoms with Gasteiger partial charge in [0.15, 0.2) is 0 Å². The minimum absolute atomic E-state index is 0.635. The standard InChI is InChI=1S/C27H22N2S/c1-19-13-14-20(2)23(15-19)18-30-27-25(17-28)24(21-9-5-3-6-10-21)16-26(29-27)22-11-7-4-8-12-22/h3-16H,18H2,1-2H3. The Morgan fingerprint density at radius 3 is 2.17 bits per heavy atom. The number of hydrogen-bond acceptors (Lipinski definition) is 3. The number of thioether (sulfide) groups is 1. The maximum Gasteiger partial charge on any atom is 0.115 e. The third kappa shape index (κ3) is 4.30. The highest BCUT2D eigenvalue weighted by atomic mass is 32.2. The molecule has 146 valence electrons. The number of nitriles is 1. The third-order valence-electron chi connectivity index (χ3n) is 5.12. The minimum atomic E-state index is 0.635. The van der Waals surface area contributed by atoms with Crippen LogP contribution in [0.1, 0.15) is 22.3 Å². The Bertz CT molecular complexity index is 1210. The lowest BCUT2D eigenvalue weighted by Gasteiger charge is -2.13. The first-order valence-electron chi connectivity index (χ1n) is 9.90. The molecular formula is C27H22N2S. The molecule has 0 atom stereocenters. The second-order valence-electron chi connectivity index (χ2n) is 7.30. The van der Waals surface area contributed by atoms with Crippen molar-refractivity contribution in [3.63, 3.8) is 0 Å². The van der Waals surface area contributed by atoms with Crippen molar-refractivity contribution >= 4 is 11.8 Å². The summed E-state index contributed by atoms with van der Waals surface area (Å²) in [6, 6.07) is 31.2. The summed E-state index contributed by atoms with van der Waals surface area (Å²) < 4.78 is 0. The monoisotopic (exact) mass is 406 g/mol. The van der Waals surface area contributed by atoms with Gasteiger partial charge in [-0.25, -0.2) is 4.98 Å². The largest absolute Gasteiger partial charge is 0.240 e. The minimum Gasteiger partial charge on any atom is -0.240 e. The van der Waals surface area contributed by atoms with E-state index < -0.39 is 0 Å². The van der Waals surface area contributed by atoms with Gasteiger partial charge < -0.3 is 0 Å². The zero-order valence-corrected chi connectivity index (χ0v) is 17.9. The van der Waals surface area contributed by atoms with Crippen molar-refractivity contribution in [3.05, 3.63) is 107 Å². The second-order valence-corrected chi connectivity index (χ2v) is 8.26. The Kier molecular flexibility index (Phi) is 5.97. The van der Waals surface area contributed by atoms with E-state index in [-0.39, 0.29) is 0 Å². The number of hydrogen-bond donors (Lipinski definition) is 0. The Morgan fingerprint density at radius 2 is 1.50 bits per heavy atom. The number of nitrogens with zero attached hydrogens (tertiary/aromatic N) is 2. The summed E-state index contributed by atoms with van der Waals surface area (Å²) in [7, 11) is 0. The van der Waals surface area contributed by atoms with Gasteiger partial charge in [-0.2, -0.15) is 5.26 Å². The van der Waals surface area contributed by atoms with Crippen LogP contribution in [0, 0.1) is 25.2 Å². The van der Waals surface area contributed by atoms with Gasteiger partial charge in [-0.15, -0.1) is 11.8 Å². The van der Waals surface area contributed by atoms with Crippen molar-refractivity contribution < 1.29 is 0 Å². The lowest BCUT2D eigenvalue weighted by Crippen LogP contribution is -1.97. The molecule has 1 aromatic heterocycles. The molecule has 0 saturated carbocycles. The van der Waals surface area contributed by atoms with Gasteiger partial charge in [-0.05, 0) is 36.6 Å². The van der Waals surface area contributed by atoms with Gasteiger partial charge in [0.1, 0.15) is 11.1 Å². The lowest BCUT2D eigenvalue weighted by molar-refractivity contribution is 1.11. The van der Waals surface area contributed by atoms with E-state index in [4.69, 9.17) is 4.98 Å². The summed E-state index contributed by atoms with van der Waals surface area (Å²) in [6.45, 7) is 4.24. The van der Waals surface area contributed by atoms with Crippen molar-refractivity contribution in [3.8, 4) is 28.5 Å². The molecule has 4 aromatic rings. The van der Waals surface area contributed by atoms with E-state index in [1.807, 2.05) is 54.6 Å². The van der Waals surface area contributed by atoms with Crippen LogP contribution in [0.4, 0.5) is 0 Å². The molecule has 30 heavy (non-hydrogen) atoms. The van der Waals surface area contributed by atoms with Crippen LogP contribution in [-0.2, 0) is 5.75 Å². The maximum absolute atomic E-state index is 10.0. The van der Waals surface area contributed by atoms with Gasteiger partial charge in [0.25, 0.3) is 0 Å². The number of benzene rings is 3. The van der Waals surface area contributed by atoms with Crippen LogP contribution in [0.2, 0.25) is 0 Å². The van der Waals surface area contributed by atoms with Crippen molar-refractivity contribution in [1.82, 2.24) is 4.98 Å². The molecule has 0 radical (unpaired) electrons. The van der Waals surface area contributed by atoms with E-state index in [9.17, 15) is 5.26 Å². The smallest absolute Gasteiger partial charge is 0.115 e. The summed E-state index contributed by atoms with van der Waals surface area (Å²) >= 11 is 1.63. The molecule has 0 aliphatic rings. The second kappa shape index (κ2) is 8.98. The van der Waals surface area contributed by atoms with E-state index in [1.165, 1.54) is 16.7 Å². The van der Waals surface area contributed by atoms with Crippen LogP contribution in [0.25, 0.3) is 22.4 Å². The molecule has 0 aliphatic heterocycles. The average Bonchev–Trinajstić information content (AvgIpc) is 2.80. The molecule has 0 bridgehead atoms. The van der Waals surface area contributed by atoms with E-state index >= 15 is 0 Å². The first kappa shape index (κ1) is 19.9. The Labute approximate surface area is 182 Å². The van der Waals surface area contributed by atoms with Crippen LogP contribution >= 0.6 is 11.8 Å². The molecule has 4 rings (SSSR count). The molecule has 1 heterocycles. The molecule has 3 heteroatoms. The zero-order chi connectivity index (χ0) is 20.9.